The van der Waals surface area contributed by atoms with Gasteiger partial charge in [0.25, 0.3) is 8.32 Å². The van der Waals surface area contributed by atoms with E-state index < -0.39 is 19.7 Å². The van der Waals surface area contributed by atoms with Gasteiger partial charge >= 0.3 is 5.97 Å². The number of carboxylic acids is 1. The van der Waals surface area contributed by atoms with Crippen molar-refractivity contribution in [2.24, 2.45) is 10.8 Å². The predicted molar refractivity (Wildman–Crippen MR) is 124 cm³/mol. The molecule has 0 amide bonds. The lowest BCUT2D eigenvalue weighted by Crippen LogP contribution is -2.67. The van der Waals surface area contributed by atoms with Crippen LogP contribution < -0.4 is 10.4 Å². The fraction of sp³-hybridized carbons (Fsp3) is 0.500. The van der Waals surface area contributed by atoms with Crippen LogP contribution in [-0.2, 0) is 9.22 Å². The van der Waals surface area contributed by atoms with Crippen molar-refractivity contribution < 1.29 is 14.3 Å². The summed E-state index contributed by atoms with van der Waals surface area (Å²) < 4.78 is 7.21. The van der Waals surface area contributed by atoms with Crippen molar-refractivity contribution in [3.05, 3.63) is 60.7 Å². The second-order valence-corrected chi connectivity index (χ2v) is 14.8. The molecule has 0 heterocycles. The quantitative estimate of drug-likeness (QED) is 0.667. The smallest absolute Gasteiger partial charge is 0.309 e. The van der Waals surface area contributed by atoms with Gasteiger partial charge in [0.1, 0.15) is 0 Å². The Morgan fingerprint density at radius 2 is 1.30 bits per heavy atom. The van der Waals surface area contributed by atoms with E-state index >= 15 is 0 Å². The highest BCUT2D eigenvalue weighted by atomic mass is 28.4. The molecule has 0 atom stereocenters. The zero-order valence-electron chi connectivity index (χ0n) is 18.5. The summed E-state index contributed by atoms with van der Waals surface area (Å²) in [6, 6.07) is 21.6. The molecule has 30 heavy (non-hydrogen) atoms. The van der Waals surface area contributed by atoms with E-state index in [4.69, 9.17) is 4.43 Å². The summed E-state index contributed by atoms with van der Waals surface area (Å²) in [6.45, 7) is 7.67. The van der Waals surface area contributed by atoms with E-state index in [1.165, 1.54) is 10.4 Å². The fourth-order valence-electron chi connectivity index (χ4n) is 5.82. The SMILES string of the molecule is CC(C)(C)[Si](OCC12CCC(C(=O)O)(CC1)CC2)(c1ccccc1)c1ccccc1. The van der Waals surface area contributed by atoms with Gasteiger partial charge in [-0.2, -0.15) is 0 Å². The van der Waals surface area contributed by atoms with E-state index in [0.29, 0.717) is 0 Å². The van der Waals surface area contributed by atoms with E-state index in [-0.39, 0.29) is 10.5 Å². The summed E-state index contributed by atoms with van der Waals surface area (Å²) in [5.41, 5.74) is -0.344. The van der Waals surface area contributed by atoms with Crippen LogP contribution in [0.25, 0.3) is 0 Å². The lowest BCUT2D eigenvalue weighted by molar-refractivity contribution is -0.160. The minimum Gasteiger partial charge on any atom is -0.481 e. The van der Waals surface area contributed by atoms with Crippen LogP contribution in [-0.4, -0.2) is 26.0 Å². The largest absolute Gasteiger partial charge is 0.481 e. The summed E-state index contributed by atoms with van der Waals surface area (Å²) in [6.07, 6.45) is 5.30. The Morgan fingerprint density at radius 1 is 0.867 bits per heavy atom. The van der Waals surface area contributed by atoms with Crippen LogP contribution in [0.3, 0.4) is 0 Å². The summed E-state index contributed by atoms with van der Waals surface area (Å²) in [7, 11) is -2.54. The maximum absolute atomic E-state index is 11.8. The molecule has 3 aliphatic carbocycles. The van der Waals surface area contributed by atoms with E-state index in [2.05, 4.69) is 81.4 Å². The molecule has 4 heteroatoms. The Morgan fingerprint density at radius 3 is 1.67 bits per heavy atom. The van der Waals surface area contributed by atoms with Gasteiger partial charge < -0.3 is 9.53 Å². The van der Waals surface area contributed by atoms with Crippen molar-refractivity contribution in [2.45, 2.75) is 64.3 Å². The minimum absolute atomic E-state index is 0.0273. The highest BCUT2D eigenvalue weighted by Gasteiger charge is 2.55. The van der Waals surface area contributed by atoms with Gasteiger partial charge in [-0.05, 0) is 59.4 Å². The van der Waals surface area contributed by atoms with Crippen LogP contribution in [0.15, 0.2) is 60.7 Å². The Labute approximate surface area is 181 Å². The molecule has 0 unspecified atom stereocenters. The highest BCUT2D eigenvalue weighted by molar-refractivity contribution is 6.99. The third-order valence-electron chi connectivity index (χ3n) is 7.87. The van der Waals surface area contributed by atoms with Crippen molar-refractivity contribution in [3.8, 4) is 0 Å². The molecular weight excluding hydrogens is 388 g/mol. The zero-order valence-corrected chi connectivity index (χ0v) is 19.5. The number of aliphatic carboxylic acids is 1. The molecule has 3 nitrogen and oxygen atoms in total. The van der Waals surface area contributed by atoms with Gasteiger partial charge in [-0.1, -0.05) is 81.4 Å². The van der Waals surface area contributed by atoms with Crippen molar-refractivity contribution in [2.75, 3.05) is 6.61 Å². The first-order valence-electron chi connectivity index (χ1n) is 11.2. The van der Waals surface area contributed by atoms with Crippen molar-refractivity contribution >= 4 is 24.7 Å². The van der Waals surface area contributed by atoms with E-state index in [1.54, 1.807) is 0 Å². The van der Waals surface area contributed by atoms with Gasteiger partial charge in [0.2, 0.25) is 0 Å². The maximum Gasteiger partial charge on any atom is 0.309 e. The lowest BCUT2D eigenvalue weighted by Gasteiger charge is -2.53. The van der Waals surface area contributed by atoms with E-state index in [9.17, 15) is 9.90 Å². The number of hydrogen-bond acceptors (Lipinski definition) is 2. The summed E-state index contributed by atoms with van der Waals surface area (Å²) in [5.74, 6) is -0.594. The number of carbonyl (C=O) groups is 1. The molecular formula is C26H34O3Si. The first kappa shape index (κ1) is 21.3. The molecule has 1 N–H and O–H groups in total. The summed E-state index contributed by atoms with van der Waals surface area (Å²) in [4.78, 5) is 11.8. The zero-order chi connectivity index (χ0) is 21.5. The molecule has 2 aromatic rings. The van der Waals surface area contributed by atoms with Gasteiger partial charge in [-0.25, -0.2) is 0 Å². The van der Waals surface area contributed by atoms with Crippen molar-refractivity contribution in [1.29, 1.82) is 0 Å². The van der Waals surface area contributed by atoms with Crippen LogP contribution in [0.1, 0.15) is 59.3 Å². The summed E-state index contributed by atoms with van der Waals surface area (Å²) >= 11 is 0. The Balaban J connectivity index is 1.69. The van der Waals surface area contributed by atoms with Gasteiger partial charge in [0, 0.05) is 6.61 Å². The van der Waals surface area contributed by atoms with Crippen LogP contribution in [0.5, 0.6) is 0 Å². The van der Waals surface area contributed by atoms with Gasteiger partial charge in [-0.15, -0.1) is 0 Å². The first-order valence-corrected chi connectivity index (χ1v) is 13.1. The summed E-state index contributed by atoms with van der Waals surface area (Å²) in [5, 5.41) is 12.3. The molecule has 0 spiro atoms. The van der Waals surface area contributed by atoms with Crippen molar-refractivity contribution in [1.82, 2.24) is 0 Å². The minimum atomic E-state index is -2.54. The lowest BCUT2D eigenvalue weighted by atomic mass is 9.54. The molecule has 3 aliphatic rings. The van der Waals surface area contributed by atoms with E-state index in [1.807, 2.05) is 0 Å². The second kappa shape index (κ2) is 7.65. The molecule has 2 aromatic carbocycles. The molecule has 5 rings (SSSR count). The van der Waals surface area contributed by atoms with Gasteiger partial charge in [0.15, 0.2) is 0 Å². The average Bonchev–Trinajstić information content (AvgIpc) is 2.76. The van der Waals surface area contributed by atoms with E-state index in [0.717, 1.165) is 45.1 Å². The van der Waals surface area contributed by atoms with Crippen LogP contribution in [0.4, 0.5) is 0 Å². The molecule has 0 aromatic heterocycles. The molecule has 2 bridgehead atoms. The second-order valence-electron chi connectivity index (χ2n) is 10.5. The third-order valence-corrected chi connectivity index (χ3v) is 12.8. The topological polar surface area (TPSA) is 46.5 Å². The predicted octanol–water partition coefficient (Wildman–Crippen LogP) is 4.99. The van der Waals surface area contributed by atoms with Crippen molar-refractivity contribution in [3.63, 3.8) is 0 Å². The monoisotopic (exact) mass is 422 g/mol. The molecule has 0 saturated heterocycles. The normalized spacial score (nSPS) is 26.5. The number of rotatable bonds is 6. The maximum atomic E-state index is 11.8. The molecule has 0 radical (unpaired) electrons. The third kappa shape index (κ3) is 3.44. The standard InChI is InChI=1S/C26H34O3Si/c1-24(2,3)30(21-10-6-4-7-11-21,22-12-8-5-9-13-22)29-20-25-14-17-26(18-15-25,19-16-25)23(27)28/h4-13H,14-20H2,1-3H3,(H,27,28). The molecule has 0 aliphatic heterocycles. The van der Waals surface area contributed by atoms with Crippen LogP contribution in [0.2, 0.25) is 5.04 Å². The van der Waals surface area contributed by atoms with Gasteiger partial charge in [0.05, 0.1) is 5.41 Å². The highest BCUT2D eigenvalue weighted by Crippen LogP contribution is 2.57. The first-order chi connectivity index (χ1) is 14.2. The number of benzene rings is 2. The Kier molecular flexibility index (Phi) is 5.44. The Hall–Kier alpha value is -1.91. The number of fused-ring (bicyclic) bond motifs is 3. The average molecular weight is 423 g/mol. The molecule has 3 fully saturated rings. The number of carboxylic acid groups (broad SMARTS) is 1. The van der Waals surface area contributed by atoms with Crippen LogP contribution >= 0.6 is 0 Å². The Bertz CT molecular complexity index is 821. The van der Waals surface area contributed by atoms with Gasteiger partial charge in [-0.3, -0.25) is 4.79 Å². The molecule has 160 valence electrons. The van der Waals surface area contributed by atoms with Crippen LogP contribution in [0, 0.1) is 10.8 Å². The molecule has 3 saturated carbocycles. The fourth-order valence-corrected chi connectivity index (χ4v) is 10.5. The number of hydrogen-bond donors (Lipinski definition) is 1.